The second kappa shape index (κ2) is 18.8. The first-order chi connectivity index (χ1) is 23.0. The van der Waals surface area contributed by atoms with Crippen molar-refractivity contribution >= 4 is 23.5 Å². The summed E-state index contributed by atoms with van der Waals surface area (Å²) in [5.74, 6) is 0.641. The van der Waals surface area contributed by atoms with Gasteiger partial charge in [-0.1, -0.05) is 54.6 Å². The number of ether oxygens (including phenoxy) is 2. The number of carbonyl (C=O) groups excluding carboxylic acids is 1. The summed E-state index contributed by atoms with van der Waals surface area (Å²) in [4.78, 5) is 17.0. The molecular formula is C36H54N4O7S. The van der Waals surface area contributed by atoms with Gasteiger partial charge in [0.2, 0.25) is 11.7 Å². The smallest absolute Gasteiger partial charge is 0.270 e. The third-order valence-electron chi connectivity index (χ3n) is 9.05. The van der Waals surface area contributed by atoms with Crippen LogP contribution in [-0.4, -0.2) is 109 Å². The van der Waals surface area contributed by atoms with E-state index in [0.717, 1.165) is 18.1 Å². The molecule has 2 aliphatic rings. The molecular weight excluding hydrogens is 632 g/mol. The Morgan fingerprint density at radius 2 is 1.88 bits per heavy atom. The van der Waals surface area contributed by atoms with Crippen LogP contribution in [0.1, 0.15) is 64.9 Å². The molecule has 4 rings (SSSR count). The van der Waals surface area contributed by atoms with Gasteiger partial charge in [0.05, 0.1) is 49.8 Å². The number of rotatable bonds is 17. The van der Waals surface area contributed by atoms with E-state index in [9.17, 15) is 25.2 Å². The van der Waals surface area contributed by atoms with Crippen molar-refractivity contribution < 1.29 is 34.7 Å². The summed E-state index contributed by atoms with van der Waals surface area (Å²) in [6.45, 7) is 8.63. The molecule has 1 aliphatic heterocycles. The normalized spacial score (nSPS) is 23.2. The lowest BCUT2D eigenvalue weighted by atomic mass is 9.89. The molecule has 12 heteroatoms. The number of β-amino-alcohol motifs (C(OH)–C–C–N with tert-alkyl or cyclic N) is 1. The Bertz CT molecular complexity index is 1290. The molecule has 1 aromatic carbocycles. The number of aliphatic hydroxyl groups excluding tert-OH is 4. The van der Waals surface area contributed by atoms with E-state index in [2.05, 4.69) is 13.6 Å². The minimum atomic E-state index is -0.896. The summed E-state index contributed by atoms with van der Waals surface area (Å²) in [6.07, 6.45) is 8.84. The molecule has 11 nitrogen and oxygen atoms in total. The molecule has 0 unspecified atom stereocenters. The zero-order valence-electron chi connectivity index (χ0n) is 28.6. The predicted molar refractivity (Wildman–Crippen MR) is 187 cm³/mol. The SMILES string of the molecule is CC(C)(C)N(C[C@H](O)COc1nsnc1N1CCOCC1)C(=O)CCC/C=C\C[C@@H]1[C@@H](/C=C/[C@@H](O)CCc2ccccc2)[C@H](O)C[C@@H]1O. The quantitative estimate of drug-likeness (QED) is 0.143. The molecule has 266 valence electrons. The average Bonchev–Trinajstić information content (AvgIpc) is 3.65. The predicted octanol–water partition coefficient (Wildman–Crippen LogP) is 3.77. The molecule has 4 N–H and O–H groups in total. The van der Waals surface area contributed by atoms with Crippen molar-refractivity contribution in [2.75, 3.05) is 44.4 Å². The summed E-state index contributed by atoms with van der Waals surface area (Å²) in [5.41, 5.74) is 0.690. The first kappa shape index (κ1) is 37.9. The number of allylic oxidation sites excluding steroid dienone is 2. The number of benzene rings is 1. The number of hydrogen-bond acceptors (Lipinski definition) is 11. The zero-order valence-corrected chi connectivity index (χ0v) is 29.4. The first-order valence-corrected chi connectivity index (χ1v) is 17.9. The van der Waals surface area contributed by atoms with Gasteiger partial charge >= 0.3 is 0 Å². The minimum absolute atomic E-state index is 0.00407. The van der Waals surface area contributed by atoms with E-state index in [-0.39, 0.29) is 30.9 Å². The number of unbranched alkanes of at least 4 members (excludes halogenated alkanes) is 1. The average molecular weight is 687 g/mol. The van der Waals surface area contributed by atoms with Crippen molar-refractivity contribution in [2.24, 2.45) is 11.8 Å². The third-order valence-corrected chi connectivity index (χ3v) is 9.55. The number of amides is 1. The Balaban J connectivity index is 1.19. The van der Waals surface area contributed by atoms with Gasteiger partial charge in [0, 0.05) is 37.4 Å². The van der Waals surface area contributed by atoms with E-state index in [1.807, 2.05) is 69.3 Å². The maximum atomic E-state index is 13.3. The van der Waals surface area contributed by atoms with Crippen LogP contribution in [0.2, 0.25) is 0 Å². The highest BCUT2D eigenvalue weighted by molar-refractivity contribution is 6.99. The summed E-state index contributed by atoms with van der Waals surface area (Å²) >= 11 is 1.07. The van der Waals surface area contributed by atoms with Gasteiger partial charge in [-0.15, -0.1) is 4.37 Å². The molecule has 48 heavy (non-hydrogen) atoms. The van der Waals surface area contributed by atoms with Crippen molar-refractivity contribution in [1.82, 2.24) is 13.6 Å². The molecule has 0 bridgehead atoms. The van der Waals surface area contributed by atoms with Crippen LogP contribution in [0.3, 0.4) is 0 Å². The summed E-state index contributed by atoms with van der Waals surface area (Å²) < 4.78 is 19.8. The topological polar surface area (TPSA) is 149 Å². The van der Waals surface area contributed by atoms with Crippen LogP contribution in [0.15, 0.2) is 54.6 Å². The molecule has 2 aromatic rings. The minimum Gasteiger partial charge on any atom is -0.472 e. The lowest BCUT2D eigenvalue weighted by molar-refractivity contribution is -0.138. The molecule has 1 aliphatic carbocycles. The number of morpholine rings is 1. The fourth-order valence-corrected chi connectivity index (χ4v) is 6.84. The highest BCUT2D eigenvalue weighted by Crippen LogP contribution is 2.36. The molecule has 1 aromatic heterocycles. The van der Waals surface area contributed by atoms with Crippen molar-refractivity contribution in [2.45, 2.75) is 95.7 Å². The molecule has 2 heterocycles. The van der Waals surface area contributed by atoms with Gasteiger partial charge in [0.1, 0.15) is 12.7 Å². The standard InChI is InChI=1S/C36H54N4O7S/c1-36(2,3)40(24-28(42)25-47-35-34(37-48-38-35)39-19-21-46-22-20-39)33(45)14-10-5-4-9-13-29-30(32(44)23-31(29)43)18-17-27(41)16-15-26-11-7-6-8-12-26/h4,6-9,11-12,17-18,27-32,41-44H,5,10,13-16,19-25H2,1-3H3/b9-4-,18-17+/t27-,28-,29+,30+,31-,32+/m0/s1. The molecule has 0 radical (unpaired) electrons. The van der Waals surface area contributed by atoms with E-state index < -0.39 is 30.0 Å². The van der Waals surface area contributed by atoms with Gasteiger partial charge in [-0.25, -0.2) is 0 Å². The van der Waals surface area contributed by atoms with Crippen LogP contribution in [0.25, 0.3) is 0 Å². The van der Waals surface area contributed by atoms with Gasteiger partial charge in [-0.2, -0.15) is 4.37 Å². The van der Waals surface area contributed by atoms with Crippen LogP contribution in [-0.2, 0) is 16.0 Å². The maximum absolute atomic E-state index is 13.3. The van der Waals surface area contributed by atoms with Crippen LogP contribution >= 0.6 is 11.7 Å². The molecule has 2 fully saturated rings. The largest absolute Gasteiger partial charge is 0.472 e. The molecule has 0 spiro atoms. The van der Waals surface area contributed by atoms with E-state index in [0.29, 0.717) is 76.5 Å². The van der Waals surface area contributed by atoms with Gasteiger partial charge in [-0.05, 0) is 64.4 Å². The van der Waals surface area contributed by atoms with Gasteiger partial charge in [-0.3, -0.25) is 4.79 Å². The Labute approximate surface area is 289 Å². The van der Waals surface area contributed by atoms with Gasteiger partial charge < -0.3 is 39.7 Å². The van der Waals surface area contributed by atoms with E-state index in [4.69, 9.17) is 9.47 Å². The van der Waals surface area contributed by atoms with Crippen LogP contribution in [0.4, 0.5) is 5.82 Å². The highest BCUT2D eigenvalue weighted by Gasteiger charge is 2.39. The highest BCUT2D eigenvalue weighted by atomic mass is 32.1. The van der Waals surface area contributed by atoms with E-state index >= 15 is 0 Å². The summed E-state index contributed by atoms with van der Waals surface area (Å²) in [5, 5.41) is 42.5. The number of aliphatic hydroxyl groups is 4. The number of hydrogen-bond donors (Lipinski definition) is 4. The number of aromatic nitrogens is 2. The molecule has 1 saturated heterocycles. The summed E-state index contributed by atoms with van der Waals surface area (Å²) in [7, 11) is 0. The zero-order chi connectivity index (χ0) is 34.5. The maximum Gasteiger partial charge on any atom is 0.270 e. The fourth-order valence-electron chi connectivity index (χ4n) is 6.32. The van der Waals surface area contributed by atoms with E-state index in [1.54, 1.807) is 11.0 Å². The van der Waals surface area contributed by atoms with Crippen molar-refractivity contribution in [3.8, 4) is 5.88 Å². The van der Waals surface area contributed by atoms with E-state index in [1.165, 1.54) is 5.56 Å². The number of aryl methyl sites for hydroxylation is 1. The van der Waals surface area contributed by atoms with Gasteiger partial charge in [0.25, 0.3) is 5.88 Å². The van der Waals surface area contributed by atoms with Gasteiger partial charge in [0.15, 0.2) is 0 Å². The molecule has 6 atom stereocenters. The lowest BCUT2D eigenvalue weighted by Gasteiger charge is -2.37. The van der Waals surface area contributed by atoms with Crippen LogP contribution in [0.5, 0.6) is 5.88 Å². The van der Waals surface area contributed by atoms with Crippen LogP contribution in [0, 0.1) is 11.8 Å². The second-order valence-corrected chi connectivity index (χ2v) is 14.3. The first-order valence-electron chi connectivity index (χ1n) is 17.2. The Kier molecular flexibility index (Phi) is 14.8. The molecule has 1 amide bonds. The number of carbonyl (C=O) groups is 1. The Morgan fingerprint density at radius 1 is 1.12 bits per heavy atom. The monoisotopic (exact) mass is 686 g/mol. The third kappa shape index (κ3) is 11.6. The van der Waals surface area contributed by atoms with Crippen molar-refractivity contribution in [1.29, 1.82) is 0 Å². The Morgan fingerprint density at radius 3 is 2.60 bits per heavy atom. The van der Waals surface area contributed by atoms with Crippen molar-refractivity contribution in [3.05, 3.63) is 60.2 Å². The number of anilines is 1. The Hall–Kier alpha value is -2.87. The fraction of sp³-hybridized carbons (Fsp3) is 0.639. The van der Waals surface area contributed by atoms with Crippen LogP contribution < -0.4 is 9.64 Å². The number of nitrogens with zero attached hydrogens (tertiary/aromatic N) is 4. The van der Waals surface area contributed by atoms with Crippen molar-refractivity contribution in [3.63, 3.8) is 0 Å². The lowest BCUT2D eigenvalue weighted by Crippen LogP contribution is -2.50. The molecule has 1 saturated carbocycles. The summed E-state index contributed by atoms with van der Waals surface area (Å²) in [6, 6.07) is 10.0. The second-order valence-electron chi connectivity index (χ2n) is 13.8.